The van der Waals surface area contributed by atoms with Gasteiger partial charge in [-0.2, -0.15) is 0 Å². The van der Waals surface area contributed by atoms with Crippen molar-refractivity contribution in [3.8, 4) is 5.75 Å². The Morgan fingerprint density at radius 3 is 2.60 bits per heavy atom. The number of rotatable bonds is 1. The lowest BCUT2D eigenvalue weighted by Crippen LogP contribution is -2.38. The average molecular weight is 205 g/mol. The summed E-state index contributed by atoms with van der Waals surface area (Å²) in [4.78, 5) is 0. The first-order chi connectivity index (χ1) is 7.27. The zero-order valence-corrected chi connectivity index (χ0v) is 8.47. The summed E-state index contributed by atoms with van der Waals surface area (Å²) >= 11 is 0. The van der Waals surface area contributed by atoms with E-state index in [2.05, 4.69) is 0 Å². The molecule has 1 aromatic carbocycles. The van der Waals surface area contributed by atoms with Gasteiger partial charge in [-0.25, -0.2) is 0 Å². The smallest absolute Gasteiger partial charge is 0.119 e. The first-order valence-corrected chi connectivity index (χ1v) is 5.46. The summed E-state index contributed by atoms with van der Waals surface area (Å²) in [5, 5.41) is 9.81. The number of hydrogen-bond donors (Lipinski definition) is 2. The van der Waals surface area contributed by atoms with Gasteiger partial charge >= 0.3 is 0 Å². The Hall–Kier alpha value is -1.06. The zero-order chi connectivity index (χ0) is 10.4. The first kappa shape index (κ1) is 9.19. The molecule has 4 atom stereocenters. The van der Waals surface area contributed by atoms with E-state index >= 15 is 0 Å². The molecule has 0 radical (unpaired) electrons. The molecule has 15 heavy (non-hydrogen) atoms. The van der Waals surface area contributed by atoms with Gasteiger partial charge in [0.05, 0.1) is 12.2 Å². The molecule has 2 bridgehead atoms. The van der Waals surface area contributed by atoms with E-state index in [4.69, 9.17) is 10.5 Å². The number of phenols is 1. The maximum Gasteiger partial charge on any atom is 0.119 e. The molecule has 3 rings (SSSR count). The molecule has 1 aromatic rings. The van der Waals surface area contributed by atoms with E-state index in [1.165, 1.54) is 0 Å². The van der Waals surface area contributed by atoms with Crippen molar-refractivity contribution >= 4 is 0 Å². The third-order valence-corrected chi connectivity index (χ3v) is 3.63. The van der Waals surface area contributed by atoms with Crippen LogP contribution in [0.2, 0.25) is 0 Å². The Morgan fingerprint density at radius 1 is 1.20 bits per heavy atom. The van der Waals surface area contributed by atoms with E-state index in [-0.39, 0.29) is 24.2 Å². The van der Waals surface area contributed by atoms with Crippen molar-refractivity contribution in [2.45, 2.75) is 37.0 Å². The van der Waals surface area contributed by atoms with Gasteiger partial charge < -0.3 is 15.6 Å². The summed E-state index contributed by atoms with van der Waals surface area (Å²) in [5.41, 5.74) is 7.07. The maximum atomic E-state index is 9.81. The van der Waals surface area contributed by atoms with E-state index in [1.807, 2.05) is 18.2 Å². The highest BCUT2D eigenvalue weighted by Crippen LogP contribution is 2.45. The summed E-state index contributed by atoms with van der Waals surface area (Å²) in [7, 11) is 0. The Bertz CT molecular complexity index is 378. The molecule has 0 amide bonds. The fraction of sp³-hybridized carbons (Fsp3) is 0.500. The maximum absolute atomic E-state index is 9.81. The molecule has 2 aliphatic heterocycles. The van der Waals surface area contributed by atoms with Crippen molar-refractivity contribution in [1.82, 2.24) is 0 Å². The molecular formula is C12H15NO2. The third kappa shape index (κ3) is 1.27. The minimum Gasteiger partial charge on any atom is -0.508 e. The highest BCUT2D eigenvalue weighted by molar-refractivity contribution is 5.38. The van der Waals surface area contributed by atoms with Crippen LogP contribution in [-0.4, -0.2) is 23.4 Å². The fourth-order valence-corrected chi connectivity index (χ4v) is 2.89. The molecule has 80 valence electrons. The lowest BCUT2D eigenvalue weighted by molar-refractivity contribution is 0.0975. The molecule has 0 spiro atoms. The number of para-hydroxylation sites is 1. The Balaban J connectivity index is 1.98. The quantitative estimate of drug-likeness (QED) is 0.728. The van der Waals surface area contributed by atoms with Crippen molar-refractivity contribution in [2.75, 3.05) is 0 Å². The molecule has 3 N–H and O–H groups in total. The third-order valence-electron chi connectivity index (χ3n) is 3.63. The van der Waals surface area contributed by atoms with Crippen LogP contribution in [0, 0.1) is 0 Å². The Kier molecular flexibility index (Phi) is 1.97. The van der Waals surface area contributed by atoms with Crippen LogP contribution in [0.25, 0.3) is 0 Å². The van der Waals surface area contributed by atoms with E-state index in [0.29, 0.717) is 5.75 Å². The molecule has 2 saturated heterocycles. The first-order valence-electron chi connectivity index (χ1n) is 5.46. The van der Waals surface area contributed by atoms with Gasteiger partial charge in [0.1, 0.15) is 5.75 Å². The second kappa shape index (κ2) is 3.22. The Labute approximate surface area is 88.9 Å². The topological polar surface area (TPSA) is 55.5 Å². The van der Waals surface area contributed by atoms with E-state index in [9.17, 15) is 5.11 Å². The second-order valence-corrected chi connectivity index (χ2v) is 4.45. The summed E-state index contributed by atoms with van der Waals surface area (Å²) < 4.78 is 5.77. The van der Waals surface area contributed by atoms with Crippen molar-refractivity contribution in [3.63, 3.8) is 0 Å². The van der Waals surface area contributed by atoms with Gasteiger partial charge in [0.25, 0.3) is 0 Å². The van der Waals surface area contributed by atoms with Crippen LogP contribution in [0.4, 0.5) is 0 Å². The van der Waals surface area contributed by atoms with Gasteiger partial charge in [0, 0.05) is 17.5 Å². The molecule has 4 unspecified atom stereocenters. The van der Waals surface area contributed by atoms with E-state index in [0.717, 1.165) is 18.4 Å². The molecule has 3 nitrogen and oxygen atoms in total. The zero-order valence-electron chi connectivity index (χ0n) is 8.47. The van der Waals surface area contributed by atoms with Crippen molar-refractivity contribution in [3.05, 3.63) is 29.8 Å². The van der Waals surface area contributed by atoms with Gasteiger partial charge in [-0.05, 0) is 18.9 Å². The summed E-state index contributed by atoms with van der Waals surface area (Å²) in [6.45, 7) is 0. The van der Waals surface area contributed by atoms with Gasteiger partial charge in [-0.3, -0.25) is 0 Å². The minimum absolute atomic E-state index is 0.0389. The number of benzene rings is 1. The van der Waals surface area contributed by atoms with E-state index < -0.39 is 0 Å². The largest absolute Gasteiger partial charge is 0.508 e. The highest BCUT2D eigenvalue weighted by Gasteiger charge is 2.48. The molecule has 2 aliphatic rings. The van der Waals surface area contributed by atoms with Gasteiger partial charge in [0.2, 0.25) is 0 Å². The number of hydrogen-bond acceptors (Lipinski definition) is 3. The minimum atomic E-state index is 0.0389. The summed E-state index contributed by atoms with van der Waals surface area (Å²) in [6.07, 6.45) is 2.53. The SMILES string of the molecule is NC1C2CCC(O2)C1c1ccccc1O. The molecule has 0 aliphatic carbocycles. The van der Waals surface area contributed by atoms with Crippen LogP contribution in [0.3, 0.4) is 0 Å². The van der Waals surface area contributed by atoms with Crippen LogP contribution in [0.15, 0.2) is 24.3 Å². The predicted octanol–water partition coefficient (Wildman–Crippen LogP) is 1.36. The molecule has 0 aromatic heterocycles. The monoisotopic (exact) mass is 205 g/mol. The van der Waals surface area contributed by atoms with Crippen molar-refractivity contribution in [2.24, 2.45) is 5.73 Å². The normalized spacial score (nSPS) is 38.5. The van der Waals surface area contributed by atoms with Crippen molar-refractivity contribution in [1.29, 1.82) is 0 Å². The number of nitrogens with two attached hydrogens (primary N) is 1. The standard InChI is InChI=1S/C12H15NO2/c13-12-10-6-5-9(15-10)11(12)7-3-1-2-4-8(7)14/h1-4,9-12,14H,5-6,13H2. The molecule has 3 heteroatoms. The number of ether oxygens (including phenoxy) is 1. The van der Waals surface area contributed by atoms with Crippen LogP contribution < -0.4 is 5.73 Å². The van der Waals surface area contributed by atoms with Crippen LogP contribution in [0.1, 0.15) is 24.3 Å². The highest BCUT2D eigenvalue weighted by atomic mass is 16.5. The van der Waals surface area contributed by atoms with Crippen LogP contribution in [0.5, 0.6) is 5.75 Å². The van der Waals surface area contributed by atoms with Crippen molar-refractivity contribution < 1.29 is 9.84 Å². The fourth-order valence-electron chi connectivity index (χ4n) is 2.89. The second-order valence-electron chi connectivity index (χ2n) is 4.45. The van der Waals surface area contributed by atoms with Gasteiger partial charge in [-0.1, -0.05) is 18.2 Å². The van der Waals surface area contributed by atoms with E-state index in [1.54, 1.807) is 6.07 Å². The number of phenolic OH excluding ortho intramolecular Hbond substituents is 1. The molecular weight excluding hydrogens is 190 g/mol. The molecule has 2 fully saturated rings. The predicted molar refractivity (Wildman–Crippen MR) is 56.7 cm³/mol. The van der Waals surface area contributed by atoms with Crippen LogP contribution in [-0.2, 0) is 4.74 Å². The average Bonchev–Trinajstić information content (AvgIpc) is 2.80. The van der Waals surface area contributed by atoms with Gasteiger partial charge in [0.15, 0.2) is 0 Å². The Morgan fingerprint density at radius 2 is 1.93 bits per heavy atom. The molecule has 0 saturated carbocycles. The lowest BCUT2D eigenvalue weighted by Gasteiger charge is -2.25. The summed E-state index contributed by atoms with van der Waals surface area (Å²) in [6, 6.07) is 7.47. The number of fused-ring (bicyclic) bond motifs is 2. The van der Waals surface area contributed by atoms with Gasteiger partial charge in [-0.15, -0.1) is 0 Å². The summed E-state index contributed by atoms with van der Waals surface area (Å²) in [5.74, 6) is 0.513. The lowest BCUT2D eigenvalue weighted by atomic mass is 9.80. The van der Waals surface area contributed by atoms with Crippen LogP contribution >= 0.6 is 0 Å². The molecule has 2 heterocycles. The number of aromatic hydroxyl groups is 1.